The van der Waals surface area contributed by atoms with Crippen LogP contribution in [0.15, 0.2) is 29.2 Å². The molecule has 1 aromatic rings. The molecule has 5 nitrogen and oxygen atoms in total. The molecule has 0 aliphatic carbocycles. The minimum absolute atomic E-state index is 0.0225. The summed E-state index contributed by atoms with van der Waals surface area (Å²) in [6.07, 6.45) is 0.191. The highest BCUT2D eigenvalue weighted by Gasteiger charge is 2.44. The highest BCUT2D eigenvalue weighted by Crippen LogP contribution is 2.31. The first kappa shape index (κ1) is 12.8. The molecule has 1 unspecified atom stereocenters. The number of sulfonamides is 1. The number of hydrogen-bond acceptors (Lipinski definition) is 4. The van der Waals surface area contributed by atoms with Gasteiger partial charge < -0.3 is 0 Å². The molecule has 0 aromatic heterocycles. The van der Waals surface area contributed by atoms with Gasteiger partial charge in [0.2, 0.25) is 0 Å². The fraction of sp³-hybridized carbons (Fsp3) is 0.333. The molecule has 0 saturated heterocycles. The molecule has 0 N–H and O–H groups in total. The average molecular weight is 267 g/mol. The number of nitrogens with zero attached hydrogens (tertiary/aromatic N) is 1. The van der Waals surface area contributed by atoms with Gasteiger partial charge in [-0.05, 0) is 19.1 Å². The standard InChI is InChI=1S/C12H13NO4S/c1-3-10(14)8(2)13-12(15)9-6-4-5-7-11(9)18(13,16)17/h4-8H,3H2,1-2H3. The second kappa shape index (κ2) is 4.20. The molecule has 96 valence electrons. The second-order valence-corrected chi connectivity index (χ2v) is 5.88. The highest BCUT2D eigenvalue weighted by molar-refractivity contribution is 7.90. The lowest BCUT2D eigenvalue weighted by Gasteiger charge is -2.21. The van der Waals surface area contributed by atoms with E-state index in [1.165, 1.54) is 19.1 Å². The van der Waals surface area contributed by atoms with Crippen molar-refractivity contribution in [2.24, 2.45) is 0 Å². The van der Waals surface area contributed by atoms with E-state index in [0.29, 0.717) is 4.31 Å². The van der Waals surface area contributed by atoms with Gasteiger partial charge in [-0.2, -0.15) is 0 Å². The minimum Gasteiger partial charge on any atom is -0.297 e. The van der Waals surface area contributed by atoms with E-state index in [9.17, 15) is 18.0 Å². The third-order valence-corrected chi connectivity index (χ3v) is 4.93. The van der Waals surface area contributed by atoms with Crippen LogP contribution < -0.4 is 0 Å². The van der Waals surface area contributed by atoms with Crippen molar-refractivity contribution in [3.63, 3.8) is 0 Å². The molecule has 1 aromatic carbocycles. The molecule has 1 aliphatic rings. The van der Waals surface area contributed by atoms with Gasteiger partial charge in [-0.3, -0.25) is 9.59 Å². The molecule has 0 fully saturated rings. The van der Waals surface area contributed by atoms with E-state index in [4.69, 9.17) is 0 Å². The molecular formula is C12H13NO4S. The third kappa shape index (κ3) is 1.64. The zero-order valence-corrected chi connectivity index (χ0v) is 10.9. The number of carbonyl (C=O) groups excluding carboxylic acids is 2. The van der Waals surface area contributed by atoms with Gasteiger partial charge in [-0.1, -0.05) is 19.1 Å². The number of hydrogen-bond donors (Lipinski definition) is 0. The number of benzene rings is 1. The first-order chi connectivity index (χ1) is 8.41. The van der Waals surface area contributed by atoms with Crippen LogP contribution in [-0.4, -0.2) is 30.5 Å². The first-order valence-electron chi connectivity index (χ1n) is 5.61. The quantitative estimate of drug-likeness (QED) is 0.825. The summed E-state index contributed by atoms with van der Waals surface area (Å²) in [7, 11) is -3.89. The lowest BCUT2D eigenvalue weighted by Crippen LogP contribution is -2.42. The maximum Gasteiger partial charge on any atom is 0.269 e. The van der Waals surface area contributed by atoms with Crippen LogP contribution in [0.1, 0.15) is 30.6 Å². The van der Waals surface area contributed by atoms with Crippen molar-refractivity contribution in [2.75, 3.05) is 0 Å². The van der Waals surface area contributed by atoms with Gasteiger partial charge in [-0.15, -0.1) is 0 Å². The smallest absolute Gasteiger partial charge is 0.269 e. The van der Waals surface area contributed by atoms with E-state index in [2.05, 4.69) is 0 Å². The molecule has 1 heterocycles. The fourth-order valence-corrected chi connectivity index (χ4v) is 3.76. The Kier molecular flexibility index (Phi) is 2.98. The third-order valence-electron chi connectivity index (χ3n) is 3.02. The number of rotatable bonds is 3. The van der Waals surface area contributed by atoms with Crippen LogP contribution >= 0.6 is 0 Å². The van der Waals surface area contributed by atoms with Crippen LogP contribution in [-0.2, 0) is 14.8 Å². The molecule has 1 atom stereocenters. The Balaban J connectivity index is 2.55. The Morgan fingerprint density at radius 1 is 1.33 bits per heavy atom. The summed E-state index contributed by atoms with van der Waals surface area (Å²) in [6, 6.07) is 5.03. The Bertz CT molecular complexity index is 621. The van der Waals surface area contributed by atoms with Crippen LogP contribution in [0, 0.1) is 0 Å². The minimum atomic E-state index is -3.89. The Morgan fingerprint density at radius 2 is 1.94 bits per heavy atom. The van der Waals surface area contributed by atoms with Crippen LogP contribution in [0.4, 0.5) is 0 Å². The van der Waals surface area contributed by atoms with Crippen molar-refractivity contribution >= 4 is 21.7 Å². The zero-order chi connectivity index (χ0) is 13.5. The van der Waals surface area contributed by atoms with Gasteiger partial charge >= 0.3 is 0 Å². The summed E-state index contributed by atoms with van der Waals surface area (Å²) >= 11 is 0. The summed E-state index contributed by atoms with van der Waals surface area (Å²) in [5.41, 5.74) is 0.133. The molecule has 2 rings (SSSR count). The van der Waals surface area contributed by atoms with Crippen molar-refractivity contribution in [2.45, 2.75) is 31.2 Å². The van der Waals surface area contributed by atoms with Crippen LogP contribution in [0.2, 0.25) is 0 Å². The lowest BCUT2D eigenvalue weighted by molar-refractivity contribution is -0.121. The Morgan fingerprint density at radius 3 is 2.50 bits per heavy atom. The van der Waals surface area contributed by atoms with Crippen molar-refractivity contribution < 1.29 is 18.0 Å². The van der Waals surface area contributed by atoms with Gasteiger partial charge in [0.05, 0.1) is 5.56 Å². The normalized spacial score (nSPS) is 18.6. The van der Waals surface area contributed by atoms with Crippen molar-refractivity contribution in [1.29, 1.82) is 0 Å². The summed E-state index contributed by atoms with van der Waals surface area (Å²) in [4.78, 5) is 23.7. The molecule has 0 bridgehead atoms. The Labute approximate surface area is 105 Å². The summed E-state index contributed by atoms with van der Waals surface area (Å²) in [5.74, 6) is -0.903. The van der Waals surface area contributed by atoms with Gasteiger partial charge in [0.1, 0.15) is 10.9 Å². The predicted octanol–water partition coefficient (Wildman–Crippen LogP) is 1.20. The SMILES string of the molecule is CCC(=O)C(C)N1C(=O)c2ccccc2S1(=O)=O. The van der Waals surface area contributed by atoms with Crippen molar-refractivity contribution in [3.8, 4) is 0 Å². The van der Waals surface area contributed by atoms with Crippen LogP contribution in [0.3, 0.4) is 0 Å². The summed E-state index contributed by atoms with van der Waals surface area (Å²) in [6.45, 7) is 3.08. The molecule has 1 aliphatic heterocycles. The predicted molar refractivity (Wildman–Crippen MR) is 64.6 cm³/mol. The van der Waals surface area contributed by atoms with Crippen molar-refractivity contribution in [1.82, 2.24) is 4.31 Å². The topological polar surface area (TPSA) is 71.5 Å². The lowest BCUT2D eigenvalue weighted by atomic mass is 10.1. The Hall–Kier alpha value is -1.69. The van der Waals surface area contributed by atoms with E-state index >= 15 is 0 Å². The fourth-order valence-electron chi connectivity index (χ4n) is 2.01. The summed E-state index contributed by atoms with van der Waals surface area (Å²) in [5, 5.41) is 0. The number of carbonyl (C=O) groups is 2. The average Bonchev–Trinajstić information content (AvgIpc) is 2.56. The maximum absolute atomic E-state index is 12.2. The maximum atomic E-state index is 12.2. The van der Waals surface area contributed by atoms with E-state index in [1.54, 1.807) is 19.1 Å². The van der Waals surface area contributed by atoms with E-state index in [-0.39, 0.29) is 22.7 Å². The molecular weight excluding hydrogens is 254 g/mol. The van der Waals surface area contributed by atoms with Crippen LogP contribution in [0.25, 0.3) is 0 Å². The molecule has 1 amide bonds. The molecule has 18 heavy (non-hydrogen) atoms. The molecule has 0 saturated carbocycles. The monoisotopic (exact) mass is 267 g/mol. The molecule has 0 radical (unpaired) electrons. The molecule has 6 heteroatoms. The van der Waals surface area contributed by atoms with Gasteiger partial charge in [-0.25, -0.2) is 12.7 Å². The van der Waals surface area contributed by atoms with Crippen LogP contribution in [0.5, 0.6) is 0 Å². The first-order valence-corrected chi connectivity index (χ1v) is 7.05. The van der Waals surface area contributed by atoms with E-state index < -0.39 is 22.0 Å². The van der Waals surface area contributed by atoms with E-state index in [0.717, 1.165) is 0 Å². The second-order valence-electron chi connectivity index (χ2n) is 4.10. The number of Topliss-reactive ketones (excluding diaryl/α,β-unsaturated/α-hetero) is 1. The molecule has 0 spiro atoms. The number of amides is 1. The summed E-state index contributed by atoms with van der Waals surface area (Å²) < 4.78 is 25.1. The number of fused-ring (bicyclic) bond motifs is 1. The van der Waals surface area contributed by atoms with E-state index in [1.807, 2.05) is 0 Å². The highest BCUT2D eigenvalue weighted by atomic mass is 32.2. The zero-order valence-electron chi connectivity index (χ0n) is 10.1. The largest absolute Gasteiger partial charge is 0.297 e. The van der Waals surface area contributed by atoms with Gasteiger partial charge in [0, 0.05) is 6.42 Å². The van der Waals surface area contributed by atoms with Crippen molar-refractivity contribution in [3.05, 3.63) is 29.8 Å². The van der Waals surface area contributed by atoms with Gasteiger partial charge in [0.15, 0.2) is 5.78 Å². The number of ketones is 1. The van der Waals surface area contributed by atoms with Gasteiger partial charge in [0.25, 0.3) is 15.9 Å².